The van der Waals surface area contributed by atoms with Gasteiger partial charge in [-0.1, -0.05) is 12.1 Å². The summed E-state index contributed by atoms with van der Waals surface area (Å²) in [5.74, 6) is 1.36. The van der Waals surface area contributed by atoms with E-state index in [-0.39, 0.29) is 6.04 Å². The lowest BCUT2D eigenvalue weighted by Gasteiger charge is -2.30. The molecule has 0 aliphatic carbocycles. The Kier molecular flexibility index (Phi) is 4.54. The van der Waals surface area contributed by atoms with E-state index in [4.69, 9.17) is 4.52 Å². The van der Waals surface area contributed by atoms with Crippen molar-refractivity contribution in [2.75, 3.05) is 19.3 Å². The van der Waals surface area contributed by atoms with Crippen LogP contribution in [-0.4, -0.2) is 48.8 Å². The average molecular weight is 288 g/mol. The monoisotopic (exact) mass is 288 g/mol. The number of aryl methyl sites for hydroxylation is 1. The summed E-state index contributed by atoms with van der Waals surface area (Å²) in [6, 6.07) is 0.0418. The molecule has 0 spiro atoms. The van der Waals surface area contributed by atoms with Crippen molar-refractivity contribution in [1.82, 2.24) is 19.8 Å². The fourth-order valence-electron chi connectivity index (χ4n) is 2.20. The number of aromatic nitrogens is 2. The fraction of sp³-hybridized carbons (Fsp3) is 0.818. The number of sulfonamides is 1. The second kappa shape index (κ2) is 5.98. The third-order valence-electron chi connectivity index (χ3n) is 3.15. The molecule has 7 nitrogen and oxygen atoms in total. The second-order valence-corrected chi connectivity index (χ2v) is 6.68. The van der Waals surface area contributed by atoms with Crippen LogP contribution in [0.2, 0.25) is 0 Å². The topological polar surface area (TPSA) is 88.3 Å². The zero-order chi connectivity index (χ0) is 13.9. The Morgan fingerprint density at radius 1 is 1.42 bits per heavy atom. The molecule has 2 heterocycles. The van der Waals surface area contributed by atoms with Gasteiger partial charge in [0.15, 0.2) is 5.82 Å². The van der Waals surface area contributed by atoms with Crippen molar-refractivity contribution in [3.63, 3.8) is 0 Å². The summed E-state index contributed by atoms with van der Waals surface area (Å²) in [4.78, 5) is 6.47. The van der Waals surface area contributed by atoms with Gasteiger partial charge in [0, 0.05) is 25.6 Å². The van der Waals surface area contributed by atoms with Crippen LogP contribution in [0.3, 0.4) is 0 Å². The van der Waals surface area contributed by atoms with Crippen LogP contribution < -0.4 is 4.72 Å². The van der Waals surface area contributed by atoms with Gasteiger partial charge in [-0.05, 0) is 12.8 Å². The minimum absolute atomic E-state index is 0.0418. The van der Waals surface area contributed by atoms with Crippen LogP contribution in [0.4, 0.5) is 0 Å². The summed E-state index contributed by atoms with van der Waals surface area (Å²) < 4.78 is 30.1. The Bertz CT molecular complexity index is 506. The van der Waals surface area contributed by atoms with Gasteiger partial charge in [0.05, 0.1) is 12.8 Å². The molecule has 2 rings (SSSR count). The predicted octanol–water partition coefficient (Wildman–Crippen LogP) is 0.146. The molecule has 0 aromatic carbocycles. The Morgan fingerprint density at radius 2 is 2.11 bits per heavy atom. The number of piperidine rings is 1. The maximum absolute atomic E-state index is 11.1. The normalized spacial score (nSPS) is 18.8. The second-order valence-electron chi connectivity index (χ2n) is 4.90. The largest absolute Gasteiger partial charge is 0.338 e. The van der Waals surface area contributed by atoms with Gasteiger partial charge >= 0.3 is 0 Å². The number of hydrogen-bond donors (Lipinski definition) is 1. The van der Waals surface area contributed by atoms with Crippen molar-refractivity contribution in [3.8, 4) is 0 Å². The van der Waals surface area contributed by atoms with E-state index in [1.807, 2.05) is 6.92 Å². The molecule has 1 saturated heterocycles. The van der Waals surface area contributed by atoms with Gasteiger partial charge in [-0.2, -0.15) is 4.98 Å². The van der Waals surface area contributed by atoms with Gasteiger partial charge < -0.3 is 4.52 Å². The van der Waals surface area contributed by atoms with Crippen molar-refractivity contribution >= 4 is 10.0 Å². The van der Waals surface area contributed by atoms with Crippen molar-refractivity contribution in [3.05, 3.63) is 11.7 Å². The molecule has 0 amide bonds. The van der Waals surface area contributed by atoms with Crippen LogP contribution in [0.15, 0.2) is 4.52 Å². The smallest absolute Gasteiger partial charge is 0.240 e. The highest BCUT2D eigenvalue weighted by molar-refractivity contribution is 7.88. The Morgan fingerprint density at radius 3 is 2.63 bits per heavy atom. The molecule has 0 atom stereocenters. The van der Waals surface area contributed by atoms with E-state index in [1.165, 1.54) is 6.26 Å². The molecular weight excluding hydrogens is 268 g/mol. The minimum atomic E-state index is -3.11. The molecule has 1 aromatic rings. The number of nitrogens with zero attached hydrogens (tertiary/aromatic N) is 3. The Labute approximate surface area is 113 Å². The molecule has 0 bridgehead atoms. The average Bonchev–Trinajstić information content (AvgIpc) is 2.77. The highest BCUT2D eigenvalue weighted by Gasteiger charge is 2.22. The molecular formula is C11H20N4O3S. The molecule has 108 valence electrons. The number of nitrogens with one attached hydrogen (secondary N) is 1. The summed E-state index contributed by atoms with van der Waals surface area (Å²) in [5.41, 5.74) is 0. The van der Waals surface area contributed by atoms with Crippen molar-refractivity contribution < 1.29 is 12.9 Å². The SMILES string of the molecule is CCc1noc(CN2CCC(NS(C)(=O)=O)CC2)n1. The summed E-state index contributed by atoms with van der Waals surface area (Å²) in [7, 11) is -3.11. The summed E-state index contributed by atoms with van der Waals surface area (Å²) in [6.07, 6.45) is 3.58. The zero-order valence-electron chi connectivity index (χ0n) is 11.3. The van der Waals surface area contributed by atoms with Crippen molar-refractivity contribution in [2.24, 2.45) is 0 Å². The summed E-state index contributed by atoms with van der Waals surface area (Å²) in [5, 5.41) is 3.86. The first-order chi connectivity index (χ1) is 8.96. The van der Waals surface area contributed by atoms with Crippen LogP contribution in [0.1, 0.15) is 31.5 Å². The zero-order valence-corrected chi connectivity index (χ0v) is 12.1. The third-order valence-corrected chi connectivity index (χ3v) is 3.92. The predicted molar refractivity (Wildman–Crippen MR) is 70.0 cm³/mol. The maximum atomic E-state index is 11.1. The van der Waals surface area contributed by atoms with Gasteiger partial charge in [-0.15, -0.1) is 0 Å². The lowest BCUT2D eigenvalue weighted by atomic mass is 10.1. The van der Waals surface area contributed by atoms with Gasteiger partial charge in [0.1, 0.15) is 0 Å². The van der Waals surface area contributed by atoms with Crippen molar-refractivity contribution in [2.45, 2.75) is 38.8 Å². The lowest BCUT2D eigenvalue weighted by molar-refractivity contribution is 0.177. The molecule has 1 aliphatic rings. The summed E-state index contributed by atoms with van der Waals surface area (Å²) in [6.45, 7) is 4.28. The quantitative estimate of drug-likeness (QED) is 0.829. The highest BCUT2D eigenvalue weighted by Crippen LogP contribution is 2.13. The Balaban J connectivity index is 1.80. The van der Waals surface area contributed by atoms with E-state index in [2.05, 4.69) is 19.8 Å². The molecule has 0 unspecified atom stereocenters. The van der Waals surface area contributed by atoms with Gasteiger partial charge in [0.2, 0.25) is 15.9 Å². The summed E-state index contributed by atoms with van der Waals surface area (Å²) >= 11 is 0. The lowest BCUT2D eigenvalue weighted by Crippen LogP contribution is -2.44. The fourth-order valence-corrected chi connectivity index (χ4v) is 3.04. The van der Waals surface area contributed by atoms with E-state index in [1.54, 1.807) is 0 Å². The molecule has 8 heteroatoms. The first-order valence-electron chi connectivity index (χ1n) is 6.47. The highest BCUT2D eigenvalue weighted by atomic mass is 32.2. The van der Waals surface area contributed by atoms with E-state index in [0.29, 0.717) is 12.4 Å². The van der Waals surface area contributed by atoms with Crippen LogP contribution in [0, 0.1) is 0 Å². The van der Waals surface area contributed by atoms with Crippen LogP contribution in [0.5, 0.6) is 0 Å². The van der Waals surface area contributed by atoms with Gasteiger partial charge in [0.25, 0.3) is 0 Å². The van der Waals surface area contributed by atoms with E-state index < -0.39 is 10.0 Å². The van der Waals surface area contributed by atoms with Gasteiger partial charge in [-0.3, -0.25) is 4.90 Å². The third kappa shape index (κ3) is 4.55. The molecule has 1 aliphatic heterocycles. The van der Waals surface area contributed by atoms with E-state index in [0.717, 1.165) is 38.2 Å². The first-order valence-corrected chi connectivity index (χ1v) is 8.36. The molecule has 0 saturated carbocycles. The maximum Gasteiger partial charge on any atom is 0.240 e. The van der Waals surface area contributed by atoms with E-state index in [9.17, 15) is 8.42 Å². The van der Waals surface area contributed by atoms with Crippen LogP contribution in [-0.2, 0) is 23.0 Å². The van der Waals surface area contributed by atoms with Crippen LogP contribution in [0.25, 0.3) is 0 Å². The Hall–Kier alpha value is -0.990. The molecule has 19 heavy (non-hydrogen) atoms. The van der Waals surface area contributed by atoms with E-state index >= 15 is 0 Å². The van der Waals surface area contributed by atoms with Crippen LogP contribution >= 0.6 is 0 Å². The van der Waals surface area contributed by atoms with Gasteiger partial charge in [-0.25, -0.2) is 13.1 Å². The minimum Gasteiger partial charge on any atom is -0.338 e. The first kappa shape index (κ1) is 14.4. The molecule has 1 aromatic heterocycles. The number of hydrogen-bond acceptors (Lipinski definition) is 6. The number of likely N-dealkylation sites (tertiary alicyclic amines) is 1. The molecule has 1 N–H and O–H groups in total. The molecule has 1 fully saturated rings. The number of rotatable bonds is 5. The standard InChI is InChI=1S/C11H20N4O3S/c1-3-10-12-11(18-13-10)8-15-6-4-9(5-7-15)14-19(2,16)17/h9,14H,3-8H2,1-2H3. The molecule has 0 radical (unpaired) electrons. The van der Waals surface area contributed by atoms with Crippen molar-refractivity contribution in [1.29, 1.82) is 0 Å².